The van der Waals surface area contributed by atoms with Gasteiger partial charge in [0.15, 0.2) is 6.10 Å². The van der Waals surface area contributed by atoms with Crippen LogP contribution in [0.3, 0.4) is 0 Å². The van der Waals surface area contributed by atoms with E-state index in [0.29, 0.717) is 11.4 Å². The molecule has 2 amide bonds. The number of ether oxygens (including phenoxy) is 1. The first kappa shape index (κ1) is 18.2. The van der Waals surface area contributed by atoms with Crippen LogP contribution in [-0.4, -0.2) is 23.9 Å². The standard InChI is InChI=1S/C17H20N2O4/c1-4-5-6-7-16(21)23-12(2)17(22)19-15-10-8-14(9-11-15)18-13(3)20/h4-12H,1-3H3,(H,18,20)(H,19,22). The molecule has 1 rings (SSSR count). The van der Waals surface area contributed by atoms with Crippen LogP contribution in [0.4, 0.5) is 11.4 Å². The largest absolute Gasteiger partial charge is 0.449 e. The Balaban J connectivity index is 2.54. The second kappa shape index (κ2) is 9.19. The summed E-state index contributed by atoms with van der Waals surface area (Å²) in [5.41, 5.74) is 1.17. The lowest BCUT2D eigenvalue weighted by Gasteiger charge is -2.12. The lowest BCUT2D eigenvalue weighted by molar-refractivity contribution is -0.148. The summed E-state index contributed by atoms with van der Waals surface area (Å²) in [6.07, 6.45) is 5.31. The summed E-state index contributed by atoms with van der Waals surface area (Å²) >= 11 is 0. The van der Waals surface area contributed by atoms with Crippen LogP contribution in [0.1, 0.15) is 20.8 Å². The van der Waals surface area contributed by atoms with Gasteiger partial charge in [0.25, 0.3) is 5.91 Å². The molecule has 0 saturated heterocycles. The minimum atomic E-state index is -0.923. The number of anilines is 2. The fourth-order valence-electron chi connectivity index (χ4n) is 1.60. The van der Waals surface area contributed by atoms with Crippen LogP contribution in [-0.2, 0) is 19.1 Å². The van der Waals surface area contributed by atoms with Crippen LogP contribution in [0, 0.1) is 0 Å². The van der Waals surface area contributed by atoms with E-state index in [-0.39, 0.29) is 5.91 Å². The minimum absolute atomic E-state index is 0.173. The van der Waals surface area contributed by atoms with E-state index in [9.17, 15) is 14.4 Å². The maximum absolute atomic E-state index is 11.9. The van der Waals surface area contributed by atoms with Gasteiger partial charge in [-0.2, -0.15) is 0 Å². The van der Waals surface area contributed by atoms with Crippen molar-refractivity contribution in [2.24, 2.45) is 0 Å². The number of carbonyl (C=O) groups excluding carboxylic acids is 3. The average molecular weight is 316 g/mol. The van der Waals surface area contributed by atoms with Crippen molar-refractivity contribution in [2.75, 3.05) is 10.6 Å². The fourth-order valence-corrected chi connectivity index (χ4v) is 1.60. The Hall–Kier alpha value is -2.89. The number of carbonyl (C=O) groups is 3. The van der Waals surface area contributed by atoms with E-state index >= 15 is 0 Å². The van der Waals surface area contributed by atoms with E-state index in [1.54, 1.807) is 36.4 Å². The third kappa shape index (κ3) is 7.08. The molecule has 6 heteroatoms. The van der Waals surface area contributed by atoms with Crippen LogP contribution >= 0.6 is 0 Å². The Labute approximate surface area is 135 Å². The van der Waals surface area contributed by atoms with E-state index in [1.807, 2.05) is 6.92 Å². The van der Waals surface area contributed by atoms with Gasteiger partial charge in [-0.25, -0.2) is 4.79 Å². The highest BCUT2D eigenvalue weighted by atomic mass is 16.5. The first-order valence-corrected chi connectivity index (χ1v) is 7.11. The van der Waals surface area contributed by atoms with Crippen LogP contribution in [0.2, 0.25) is 0 Å². The molecule has 0 aliphatic heterocycles. The molecule has 0 aliphatic rings. The topological polar surface area (TPSA) is 84.5 Å². The quantitative estimate of drug-likeness (QED) is 0.480. The van der Waals surface area contributed by atoms with E-state index < -0.39 is 18.0 Å². The van der Waals surface area contributed by atoms with Crippen molar-refractivity contribution >= 4 is 29.2 Å². The molecule has 0 aromatic heterocycles. The lowest BCUT2D eigenvalue weighted by Crippen LogP contribution is -2.29. The molecule has 0 saturated carbocycles. The highest BCUT2D eigenvalue weighted by Gasteiger charge is 2.16. The van der Waals surface area contributed by atoms with Crippen molar-refractivity contribution in [3.8, 4) is 0 Å². The molecule has 23 heavy (non-hydrogen) atoms. The lowest BCUT2D eigenvalue weighted by atomic mass is 10.2. The van der Waals surface area contributed by atoms with Crippen molar-refractivity contribution < 1.29 is 19.1 Å². The Morgan fingerprint density at radius 3 is 2.13 bits per heavy atom. The number of esters is 1. The Morgan fingerprint density at radius 2 is 1.61 bits per heavy atom. The van der Waals surface area contributed by atoms with Crippen LogP contribution in [0.15, 0.2) is 48.6 Å². The number of benzene rings is 1. The van der Waals surface area contributed by atoms with Gasteiger partial charge in [-0.1, -0.05) is 18.2 Å². The van der Waals surface area contributed by atoms with Crippen LogP contribution in [0.5, 0.6) is 0 Å². The van der Waals surface area contributed by atoms with Gasteiger partial charge >= 0.3 is 5.97 Å². The molecule has 2 N–H and O–H groups in total. The molecule has 0 fully saturated rings. The van der Waals surface area contributed by atoms with Gasteiger partial charge in [0.1, 0.15) is 0 Å². The van der Waals surface area contributed by atoms with Crippen molar-refractivity contribution in [2.45, 2.75) is 26.9 Å². The molecule has 1 aromatic rings. The van der Waals surface area contributed by atoms with Crippen molar-refractivity contribution in [3.63, 3.8) is 0 Å². The van der Waals surface area contributed by atoms with Gasteiger partial charge in [0.05, 0.1) is 0 Å². The maximum atomic E-state index is 11.9. The van der Waals surface area contributed by atoms with Gasteiger partial charge in [-0.05, 0) is 38.1 Å². The van der Waals surface area contributed by atoms with Crippen molar-refractivity contribution in [1.29, 1.82) is 0 Å². The molecule has 0 heterocycles. The molecule has 0 aliphatic carbocycles. The van der Waals surface area contributed by atoms with E-state index in [4.69, 9.17) is 4.74 Å². The van der Waals surface area contributed by atoms with Gasteiger partial charge in [0.2, 0.25) is 5.91 Å². The molecule has 1 aromatic carbocycles. The summed E-state index contributed by atoms with van der Waals surface area (Å²) in [4.78, 5) is 34.3. The molecule has 0 radical (unpaired) electrons. The zero-order chi connectivity index (χ0) is 17.2. The Kier molecular flexibility index (Phi) is 7.26. The van der Waals surface area contributed by atoms with E-state index in [1.165, 1.54) is 26.0 Å². The number of hydrogen-bond donors (Lipinski definition) is 2. The predicted molar refractivity (Wildman–Crippen MR) is 88.9 cm³/mol. The predicted octanol–water partition coefficient (Wildman–Crippen LogP) is 2.65. The number of nitrogens with one attached hydrogen (secondary N) is 2. The minimum Gasteiger partial charge on any atom is -0.449 e. The van der Waals surface area contributed by atoms with Gasteiger partial charge in [-0.15, -0.1) is 0 Å². The zero-order valence-electron chi connectivity index (χ0n) is 13.3. The fraction of sp³-hybridized carbons (Fsp3) is 0.235. The molecular weight excluding hydrogens is 296 g/mol. The van der Waals surface area contributed by atoms with Gasteiger partial charge in [-0.3, -0.25) is 9.59 Å². The molecule has 0 spiro atoms. The van der Waals surface area contributed by atoms with Gasteiger partial charge in [0, 0.05) is 24.4 Å². The second-order valence-electron chi connectivity index (χ2n) is 4.71. The molecule has 6 nitrogen and oxygen atoms in total. The molecule has 0 bridgehead atoms. The Morgan fingerprint density at radius 1 is 1.04 bits per heavy atom. The molecule has 122 valence electrons. The summed E-state index contributed by atoms with van der Waals surface area (Å²) in [5.74, 6) is -1.20. The summed E-state index contributed by atoms with van der Waals surface area (Å²) in [5, 5.41) is 5.25. The van der Waals surface area contributed by atoms with Crippen LogP contribution in [0.25, 0.3) is 0 Å². The number of rotatable bonds is 6. The third-order valence-electron chi connectivity index (χ3n) is 2.67. The Bertz CT molecular complexity index is 618. The van der Waals surface area contributed by atoms with Gasteiger partial charge < -0.3 is 15.4 Å². The van der Waals surface area contributed by atoms with E-state index in [2.05, 4.69) is 10.6 Å². The zero-order valence-corrected chi connectivity index (χ0v) is 13.3. The van der Waals surface area contributed by atoms with Crippen molar-refractivity contribution in [1.82, 2.24) is 0 Å². The second-order valence-corrected chi connectivity index (χ2v) is 4.71. The SMILES string of the molecule is CC=CC=CC(=O)OC(C)C(=O)Nc1ccc(NC(C)=O)cc1. The first-order chi connectivity index (χ1) is 10.9. The highest BCUT2D eigenvalue weighted by molar-refractivity contribution is 5.96. The normalized spacial score (nSPS) is 12.1. The number of hydrogen-bond acceptors (Lipinski definition) is 4. The van der Waals surface area contributed by atoms with Crippen molar-refractivity contribution in [3.05, 3.63) is 48.6 Å². The monoisotopic (exact) mass is 316 g/mol. The maximum Gasteiger partial charge on any atom is 0.331 e. The van der Waals surface area contributed by atoms with E-state index in [0.717, 1.165) is 0 Å². The van der Waals surface area contributed by atoms with Crippen LogP contribution < -0.4 is 10.6 Å². The first-order valence-electron chi connectivity index (χ1n) is 7.11. The number of amides is 2. The highest BCUT2D eigenvalue weighted by Crippen LogP contribution is 2.14. The summed E-state index contributed by atoms with van der Waals surface area (Å²) in [6, 6.07) is 6.61. The summed E-state index contributed by atoms with van der Waals surface area (Å²) in [6.45, 7) is 4.72. The smallest absolute Gasteiger partial charge is 0.331 e. The summed E-state index contributed by atoms with van der Waals surface area (Å²) in [7, 11) is 0. The average Bonchev–Trinajstić information content (AvgIpc) is 2.49. The molecule has 1 atom stereocenters. The third-order valence-corrected chi connectivity index (χ3v) is 2.67. The summed E-state index contributed by atoms with van der Waals surface area (Å²) < 4.78 is 4.98. The molecule has 1 unspecified atom stereocenters. The molecular formula is C17H20N2O4. The number of allylic oxidation sites excluding steroid dienone is 3.